The Morgan fingerprint density at radius 2 is 2.35 bits per heavy atom. The summed E-state index contributed by atoms with van der Waals surface area (Å²) in [5.74, 6) is 0.764. The minimum absolute atomic E-state index is 0. The van der Waals surface area contributed by atoms with Crippen LogP contribution in [0.15, 0.2) is 24.4 Å². The molecule has 1 aromatic carbocycles. The van der Waals surface area contributed by atoms with Crippen LogP contribution in [0.2, 0.25) is 5.02 Å². The molecular formula is C13H15Cl2N3OS. The second-order valence-corrected chi connectivity index (χ2v) is 6.12. The smallest absolute Gasteiger partial charge is 0.180 e. The number of nitrogen functional groups attached to an aromatic ring is 1. The molecule has 1 atom stereocenters. The zero-order valence-corrected chi connectivity index (χ0v) is 13.3. The minimum Gasteiger partial charge on any atom is -0.485 e. The van der Waals surface area contributed by atoms with E-state index in [9.17, 15) is 0 Å². The molecule has 3 rings (SSSR count). The molecule has 1 aliphatic rings. The topological polar surface area (TPSA) is 51.4 Å². The van der Waals surface area contributed by atoms with Gasteiger partial charge < -0.3 is 15.4 Å². The molecule has 0 fully saturated rings. The Kier molecular flexibility index (Phi) is 4.62. The summed E-state index contributed by atoms with van der Waals surface area (Å²) in [6.07, 6.45) is 1.93. The zero-order chi connectivity index (χ0) is 13.4. The van der Waals surface area contributed by atoms with Gasteiger partial charge in [0.25, 0.3) is 0 Å². The van der Waals surface area contributed by atoms with Crippen LogP contribution < -0.4 is 15.4 Å². The highest BCUT2D eigenvalue weighted by Crippen LogP contribution is 2.40. The van der Waals surface area contributed by atoms with Crippen LogP contribution >= 0.6 is 35.3 Å². The Morgan fingerprint density at radius 1 is 1.55 bits per heavy atom. The fourth-order valence-electron chi connectivity index (χ4n) is 2.24. The van der Waals surface area contributed by atoms with Crippen LogP contribution in [-0.2, 0) is 6.54 Å². The van der Waals surface area contributed by atoms with E-state index in [1.54, 1.807) is 0 Å². The Bertz CT molecular complexity index is 605. The van der Waals surface area contributed by atoms with E-state index in [0.717, 1.165) is 29.4 Å². The molecule has 1 unspecified atom stereocenters. The van der Waals surface area contributed by atoms with Crippen LogP contribution in [0.1, 0.15) is 11.8 Å². The zero-order valence-electron chi connectivity index (χ0n) is 10.9. The third kappa shape index (κ3) is 2.95. The van der Waals surface area contributed by atoms with Gasteiger partial charge in [-0.05, 0) is 19.1 Å². The molecule has 108 valence electrons. The third-order valence-corrected chi connectivity index (χ3v) is 4.11. The van der Waals surface area contributed by atoms with Crippen LogP contribution in [0, 0.1) is 0 Å². The molecule has 0 aliphatic carbocycles. The number of fused-ring (bicyclic) bond motifs is 1. The number of rotatable bonds is 2. The van der Waals surface area contributed by atoms with Gasteiger partial charge in [0, 0.05) is 11.1 Å². The van der Waals surface area contributed by atoms with E-state index >= 15 is 0 Å². The lowest BCUT2D eigenvalue weighted by Crippen LogP contribution is -2.37. The fourth-order valence-corrected chi connectivity index (χ4v) is 3.16. The molecule has 7 heteroatoms. The van der Waals surface area contributed by atoms with E-state index in [2.05, 4.69) is 9.88 Å². The standard InChI is InChI=1S/C13H14ClN3OS.ClH/c1-8-6-17(7-9-5-16-13(15)19-9)11-4-2-3-10(14)12(11)18-8;/h2-5,8H,6-7H2,1H3,(H2,15,16);1H. The summed E-state index contributed by atoms with van der Waals surface area (Å²) in [4.78, 5) is 7.48. The average molecular weight is 332 g/mol. The van der Waals surface area contributed by atoms with E-state index in [-0.39, 0.29) is 18.5 Å². The maximum absolute atomic E-state index is 6.20. The molecule has 0 saturated heterocycles. The lowest BCUT2D eigenvalue weighted by atomic mass is 10.2. The molecule has 1 aromatic heterocycles. The quantitative estimate of drug-likeness (QED) is 0.913. The molecule has 0 bridgehead atoms. The molecule has 4 nitrogen and oxygen atoms in total. The summed E-state index contributed by atoms with van der Waals surface area (Å²) in [7, 11) is 0. The van der Waals surface area contributed by atoms with Gasteiger partial charge in [-0.3, -0.25) is 0 Å². The first-order chi connectivity index (χ1) is 9.13. The van der Waals surface area contributed by atoms with Gasteiger partial charge in [-0.1, -0.05) is 17.7 Å². The molecule has 2 N–H and O–H groups in total. The van der Waals surface area contributed by atoms with Crippen LogP contribution in [0.3, 0.4) is 0 Å². The SMILES string of the molecule is CC1CN(Cc2cnc(N)s2)c2cccc(Cl)c2O1.Cl. The molecular weight excluding hydrogens is 317 g/mol. The van der Waals surface area contributed by atoms with Gasteiger partial charge in [-0.15, -0.1) is 23.7 Å². The Morgan fingerprint density at radius 3 is 3.05 bits per heavy atom. The van der Waals surface area contributed by atoms with Gasteiger partial charge in [0.2, 0.25) is 0 Å². The Balaban J connectivity index is 0.00000147. The molecule has 2 aromatic rings. The number of para-hydroxylation sites is 1. The first-order valence-electron chi connectivity index (χ1n) is 6.04. The number of nitrogens with zero attached hydrogens (tertiary/aromatic N) is 2. The number of thiazole rings is 1. The second kappa shape index (κ2) is 6.08. The van der Waals surface area contributed by atoms with Crippen molar-refractivity contribution in [1.29, 1.82) is 0 Å². The van der Waals surface area contributed by atoms with Crippen molar-refractivity contribution in [2.45, 2.75) is 19.6 Å². The molecule has 2 heterocycles. The fraction of sp³-hybridized carbons (Fsp3) is 0.308. The van der Waals surface area contributed by atoms with Crippen molar-refractivity contribution in [3.8, 4) is 5.75 Å². The van der Waals surface area contributed by atoms with E-state index in [4.69, 9.17) is 22.1 Å². The highest BCUT2D eigenvalue weighted by atomic mass is 35.5. The van der Waals surface area contributed by atoms with Gasteiger partial charge in [-0.25, -0.2) is 4.98 Å². The summed E-state index contributed by atoms with van der Waals surface area (Å²) in [6, 6.07) is 5.81. The van der Waals surface area contributed by atoms with E-state index in [0.29, 0.717) is 10.2 Å². The van der Waals surface area contributed by atoms with Crippen molar-refractivity contribution in [1.82, 2.24) is 4.98 Å². The number of halogens is 2. The van der Waals surface area contributed by atoms with Gasteiger partial charge >= 0.3 is 0 Å². The Hall–Kier alpha value is -1.17. The van der Waals surface area contributed by atoms with Crippen molar-refractivity contribution in [2.75, 3.05) is 17.2 Å². The summed E-state index contributed by atoms with van der Waals surface area (Å²) in [5, 5.41) is 1.25. The van der Waals surface area contributed by atoms with Crippen LogP contribution in [0.4, 0.5) is 10.8 Å². The molecule has 1 aliphatic heterocycles. The van der Waals surface area contributed by atoms with Crippen molar-refractivity contribution < 1.29 is 4.74 Å². The van der Waals surface area contributed by atoms with Gasteiger partial charge in [0.1, 0.15) is 6.10 Å². The van der Waals surface area contributed by atoms with Crippen LogP contribution in [-0.4, -0.2) is 17.6 Å². The first-order valence-corrected chi connectivity index (χ1v) is 7.23. The van der Waals surface area contributed by atoms with Crippen LogP contribution in [0.25, 0.3) is 0 Å². The van der Waals surface area contributed by atoms with Gasteiger partial charge in [-0.2, -0.15) is 0 Å². The number of benzene rings is 1. The number of hydrogen-bond acceptors (Lipinski definition) is 5. The van der Waals surface area contributed by atoms with E-state index < -0.39 is 0 Å². The number of nitrogens with two attached hydrogens (primary N) is 1. The first kappa shape index (κ1) is 15.2. The van der Waals surface area contributed by atoms with Gasteiger partial charge in [0.05, 0.1) is 23.8 Å². The highest BCUT2D eigenvalue weighted by Gasteiger charge is 2.25. The summed E-state index contributed by atoms with van der Waals surface area (Å²) >= 11 is 7.71. The van der Waals surface area contributed by atoms with Gasteiger partial charge in [0.15, 0.2) is 10.9 Å². The normalized spacial score (nSPS) is 17.1. The largest absolute Gasteiger partial charge is 0.485 e. The lowest BCUT2D eigenvalue weighted by molar-refractivity contribution is 0.212. The second-order valence-electron chi connectivity index (χ2n) is 4.56. The van der Waals surface area contributed by atoms with Crippen molar-refractivity contribution >= 4 is 46.2 Å². The van der Waals surface area contributed by atoms with E-state index in [1.165, 1.54) is 11.3 Å². The highest BCUT2D eigenvalue weighted by molar-refractivity contribution is 7.15. The van der Waals surface area contributed by atoms with Crippen molar-refractivity contribution in [2.24, 2.45) is 0 Å². The number of hydrogen-bond donors (Lipinski definition) is 1. The van der Waals surface area contributed by atoms with Crippen molar-refractivity contribution in [3.63, 3.8) is 0 Å². The predicted molar refractivity (Wildman–Crippen MR) is 86.4 cm³/mol. The maximum Gasteiger partial charge on any atom is 0.180 e. The molecule has 0 radical (unpaired) electrons. The maximum atomic E-state index is 6.20. The third-order valence-electron chi connectivity index (χ3n) is 3.00. The molecule has 0 amide bonds. The lowest BCUT2D eigenvalue weighted by Gasteiger charge is -2.35. The Labute approximate surface area is 132 Å². The number of ether oxygens (including phenoxy) is 1. The number of aromatic nitrogens is 1. The van der Waals surface area contributed by atoms with Crippen LogP contribution in [0.5, 0.6) is 5.75 Å². The van der Waals surface area contributed by atoms with Crippen molar-refractivity contribution in [3.05, 3.63) is 34.3 Å². The average Bonchev–Trinajstić information content (AvgIpc) is 2.76. The monoisotopic (exact) mass is 331 g/mol. The summed E-state index contributed by atoms with van der Waals surface area (Å²) < 4.78 is 5.83. The predicted octanol–water partition coefficient (Wildman–Crippen LogP) is 3.59. The molecule has 0 saturated carbocycles. The number of anilines is 2. The summed E-state index contributed by atoms with van der Waals surface area (Å²) in [6.45, 7) is 3.64. The van der Waals surface area contributed by atoms with E-state index in [1.807, 2.05) is 31.3 Å². The summed E-state index contributed by atoms with van der Waals surface area (Å²) in [5.41, 5.74) is 6.70. The molecule has 20 heavy (non-hydrogen) atoms. The minimum atomic E-state index is 0. The molecule has 0 spiro atoms.